The lowest BCUT2D eigenvalue weighted by Crippen LogP contribution is -2.39. The third kappa shape index (κ3) is 8.01. The number of ether oxygens (including phenoxy) is 2. The van der Waals surface area contributed by atoms with Crippen molar-refractivity contribution in [2.45, 2.75) is 59.9 Å². The van der Waals surface area contributed by atoms with Gasteiger partial charge in [-0.25, -0.2) is 9.78 Å². The molecule has 0 saturated heterocycles. The van der Waals surface area contributed by atoms with Gasteiger partial charge in [0.2, 0.25) is 0 Å². The van der Waals surface area contributed by atoms with E-state index in [-0.39, 0.29) is 36.0 Å². The Hall–Kier alpha value is -0.940. The number of aryl methyl sites for hydroxylation is 1. The fourth-order valence-electron chi connectivity index (χ4n) is 2.92. The van der Waals surface area contributed by atoms with Gasteiger partial charge in [0, 0.05) is 26.3 Å². The summed E-state index contributed by atoms with van der Waals surface area (Å²) in [6, 6.07) is -0.0525. The number of guanidine groups is 1. The van der Waals surface area contributed by atoms with Crippen molar-refractivity contribution in [2.75, 3.05) is 32.9 Å². The van der Waals surface area contributed by atoms with Crippen molar-refractivity contribution in [2.24, 2.45) is 10.4 Å². The lowest BCUT2D eigenvalue weighted by molar-refractivity contribution is 0.0531. The Morgan fingerprint density at radius 1 is 1.31 bits per heavy atom. The van der Waals surface area contributed by atoms with Crippen LogP contribution in [0.5, 0.6) is 0 Å². The summed E-state index contributed by atoms with van der Waals surface area (Å²) in [5.74, 6) is 0.477. The molecular weight excluding hydrogens is 503 g/mol. The topological polar surface area (TPSA) is 84.8 Å². The van der Waals surface area contributed by atoms with Crippen molar-refractivity contribution in [3.05, 3.63) is 15.6 Å². The Morgan fingerprint density at radius 3 is 2.62 bits per heavy atom. The van der Waals surface area contributed by atoms with Gasteiger partial charge in [-0.2, -0.15) is 0 Å². The summed E-state index contributed by atoms with van der Waals surface area (Å²) in [6.45, 7) is 13.3. The zero-order chi connectivity index (χ0) is 20.6. The second-order valence-corrected chi connectivity index (χ2v) is 8.23. The van der Waals surface area contributed by atoms with Crippen LogP contribution in [0.25, 0.3) is 0 Å². The molecule has 1 aromatic heterocycles. The molecule has 1 fully saturated rings. The van der Waals surface area contributed by atoms with Gasteiger partial charge in [0.25, 0.3) is 0 Å². The number of hydrogen-bond acceptors (Lipinski definition) is 6. The first kappa shape index (κ1) is 26.1. The minimum atomic E-state index is -0.304. The average Bonchev–Trinajstić information content (AvgIpc) is 3.32. The van der Waals surface area contributed by atoms with Crippen LogP contribution in [0.3, 0.4) is 0 Å². The van der Waals surface area contributed by atoms with Crippen molar-refractivity contribution < 1.29 is 14.3 Å². The Morgan fingerprint density at radius 2 is 2.03 bits per heavy atom. The molecule has 1 aliphatic rings. The molecule has 2 N–H and O–H groups in total. The Labute approximate surface area is 195 Å². The molecule has 1 aromatic rings. The minimum Gasteiger partial charge on any atom is -0.462 e. The van der Waals surface area contributed by atoms with Crippen LogP contribution in [-0.4, -0.2) is 49.8 Å². The molecule has 1 unspecified atom stereocenters. The number of carbonyl (C=O) groups excluding carboxylic acids is 1. The van der Waals surface area contributed by atoms with E-state index in [0.29, 0.717) is 22.6 Å². The lowest BCUT2D eigenvalue weighted by Gasteiger charge is -2.18. The van der Waals surface area contributed by atoms with E-state index in [1.54, 1.807) is 6.92 Å². The molecule has 0 radical (unpaired) electrons. The fourth-order valence-corrected chi connectivity index (χ4v) is 3.88. The van der Waals surface area contributed by atoms with Gasteiger partial charge < -0.3 is 20.1 Å². The van der Waals surface area contributed by atoms with Gasteiger partial charge in [0.05, 0.1) is 18.3 Å². The average molecular weight is 538 g/mol. The number of aromatic nitrogens is 1. The van der Waals surface area contributed by atoms with E-state index in [2.05, 4.69) is 22.5 Å². The number of rotatable bonds is 11. The zero-order valence-electron chi connectivity index (χ0n) is 18.2. The maximum absolute atomic E-state index is 12.0. The van der Waals surface area contributed by atoms with E-state index in [4.69, 9.17) is 14.5 Å². The molecule has 0 bridgehead atoms. The fraction of sp³-hybridized carbons (Fsp3) is 0.750. The van der Waals surface area contributed by atoms with Crippen molar-refractivity contribution in [1.29, 1.82) is 0 Å². The molecule has 1 atom stereocenters. The molecule has 7 nitrogen and oxygen atoms in total. The van der Waals surface area contributed by atoms with Crippen LogP contribution in [-0.2, 0) is 9.47 Å². The van der Waals surface area contributed by atoms with E-state index < -0.39 is 0 Å². The summed E-state index contributed by atoms with van der Waals surface area (Å²) in [7, 11) is 0. The largest absolute Gasteiger partial charge is 0.462 e. The Kier molecular flexibility index (Phi) is 11.4. The number of nitrogens with one attached hydrogen (secondary N) is 2. The summed E-state index contributed by atoms with van der Waals surface area (Å²) < 4.78 is 10.6. The molecule has 1 saturated carbocycles. The first-order chi connectivity index (χ1) is 13.4. The number of nitrogens with zero attached hydrogens (tertiary/aromatic N) is 2. The molecule has 1 heterocycles. The van der Waals surface area contributed by atoms with Crippen LogP contribution in [0.2, 0.25) is 0 Å². The van der Waals surface area contributed by atoms with E-state index in [9.17, 15) is 4.79 Å². The van der Waals surface area contributed by atoms with Crippen molar-refractivity contribution in [3.63, 3.8) is 0 Å². The highest BCUT2D eigenvalue weighted by Crippen LogP contribution is 2.49. The highest BCUT2D eigenvalue weighted by Gasteiger charge is 2.42. The lowest BCUT2D eigenvalue weighted by atomic mass is 10.0. The van der Waals surface area contributed by atoms with Crippen LogP contribution in [0.4, 0.5) is 0 Å². The summed E-state index contributed by atoms with van der Waals surface area (Å²) in [5, 5.41) is 7.58. The second-order valence-electron chi connectivity index (χ2n) is 7.20. The summed E-state index contributed by atoms with van der Waals surface area (Å²) in [5.41, 5.74) is 1.01. The molecule has 0 amide bonds. The molecule has 0 aliphatic heterocycles. The Balaban J connectivity index is 0.00000420. The molecule has 0 aromatic carbocycles. The van der Waals surface area contributed by atoms with Crippen molar-refractivity contribution >= 4 is 47.2 Å². The van der Waals surface area contributed by atoms with E-state index >= 15 is 0 Å². The third-order valence-corrected chi connectivity index (χ3v) is 6.17. The summed E-state index contributed by atoms with van der Waals surface area (Å²) >= 11 is 1.38. The van der Waals surface area contributed by atoms with Gasteiger partial charge in [-0.15, -0.1) is 35.3 Å². The molecule has 1 aliphatic carbocycles. The Bertz CT molecular complexity index is 677. The maximum Gasteiger partial charge on any atom is 0.350 e. The monoisotopic (exact) mass is 538 g/mol. The normalized spacial score (nSPS) is 16.0. The molecule has 2 rings (SSSR count). The number of hydrogen-bond donors (Lipinski definition) is 2. The van der Waals surface area contributed by atoms with E-state index in [1.165, 1.54) is 24.2 Å². The van der Waals surface area contributed by atoms with Crippen LogP contribution in [0.1, 0.15) is 73.4 Å². The van der Waals surface area contributed by atoms with Gasteiger partial charge in [0.15, 0.2) is 5.96 Å². The summed E-state index contributed by atoms with van der Waals surface area (Å²) in [6.07, 6.45) is 3.49. The predicted octanol–water partition coefficient (Wildman–Crippen LogP) is 4.07. The standard InChI is InChI=1S/C20H34N4O3S.HI/c1-6-21-19(22-13-20(9-10-20)11-12-26-7-2)24-15(5)17-23-14(4)16(28-17)18(25)27-8-3;/h15H,6-13H2,1-5H3,(H2,21,22,24);1H. The second kappa shape index (κ2) is 12.7. The molecule has 29 heavy (non-hydrogen) atoms. The molecule has 166 valence electrons. The van der Waals surface area contributed by atoms with Gasteiger partial charge in [-0.3, -0.25) is 4.99 Å². The highest BCUT2D eigenvalue weighted by atomic mass is 127. The van der Waals surface area contributed by atoms with Crippen LogP contribution >= 0.6 is 35.3 Å². The number of thiazole rings is 1. The number of carbonyl (C=O) groups is 1. The molecular formula is C20H35IN4O3S. The van der Waals surface area contributed by atoms with Gasteiger partial charge in [0.1, 0.15) is 9.88 Å². The molecule has 0 spiro atoms. The van der Waals surface area contributed by atoms with Crippen LogP contribution < -0.4 is 10.6 Å². The SMILES string of the molecule is CCNC(=NCC1(CCOCC)CC1)NC(C)c1nc(C)c(C(=O)OCC)s1.I. The zero-order valence-corrected chi connectivity index (χ0v) is 21.3. The summed E-state index contributed by atoms with van der Waals surface area (Å²) in [4.78, 5) is 22.0. The quantitative estimate of drug-likeness (QED) is 0.145. The molecule has 9 heteroatoms. The van der Waals surface area contributed by atoms with E-state index in [0.717, 1.165) is 43.7 Å². The first-order valence-corrected chi connectivity index (χ1v) is 11.0. The van der Waals surface area contributed by atoms with Gasteiger partial charge >= 0.3 is 5.97 Å². The predicted molar refractivity (Wildman–Crippen MR) is 129 cm³/mol. The van der Waals surface area contributed by atoms with Gasteiger partial charge in [-0.1, -0.05) is 0 Å². The first-order valence-electron chi connectivity index (χ1n) is 10.2. The third-order valence-electron chi connectivity index (χ3n) is 4.85. The van der Waals surface area contributed by atoms with Crippen molar-refractivity contribution in [3.8, 4) is 0 Å². The smallest absolute Gasteiger partial charge is 0.350 e. The number of aliphatic imine (C=N–C) groups is 1. The maximum atomic E-state index is 12.0. The van der Waals surface area contributed by atoms with Crippen molar-refractivity contribution in [1.82, 2.24) is 15.6 Å². The van der Waals surface area contributed by atoms with Crippen LogP contribution in [0, 0.1) is 12.3 Å². The highest BCUT2D eigenvalue weighted by molar-refractivity contribution is 14.0. The number of halogens is 1. The minimum absolute atomic E-state index is 0. The number of esters is 1. The van der Waals surface area contributed by atoms with E-state index in [1.807, 2.05) is 20.8 Å². The van der Waals surface area contributed by atoms with Crippen LogP contribution in [0.15, 0.2) is 4.99 Å². The van der Waals surface area contributed by atoms with Gasteiger partial charge in [-0.05, 0) is 59.3 Å².